The number of ether oxygens (including phenoxy) is 1. The van der Waals surface area contributed by atoms with Gasteiger partial charge in [-0.25, -0.2) is 0 Å². The van der Waals surface area contributed by atoms with E-state index >= 15 is 0 Å². The fourth-order valence-electron chi connectivity index (χ4n) is 1.16. The van der Waals surface area contributed by atoms with Crippen LogP contribution >= 0.6 is 27.5 Å². The van der Waals surface area contributed by atoms with E-state index in [1.807, 2.05) is 25.1 Å². The molecule has 1 aromatic carbocycles. The zero-order chi connectivity index (χ0) is 11.5. The highest BCUT2D eigenvalue weighted by Crippen LogP contribution is 2.25. The van der Waals surface area contributed by atoms with Gasteiger partial charge in [0.1, 0.15) is 5.75 Å². The van der Waals surface area contributed by atoms with Crippen LogP contribution in [-0.4, -0.2) is 10.2 Å². The minimum absolute atomic E-state index is 0.347. The maximum Gasteiger partial charge on any atom is 0.238 e. The highest BCUT2D eigenvalue weighted by atomic mass is 79.9. The van der Waals surface area contributed by atoms with Gasteiger partial charge in [-0.05, 0) is 36.8 Å². The molecule has 3 nitrogen and oxygen atoms in total. The second kappa shape index (κ2) is 4.80. The van der Waals surface area contributed by atoms with Gasteiger partial charge in [-0.1, -0.05) is 27.5 Å². The lowest BCUT2D eigenvalue weighted by Gasteiger charge is -2.05. The van der Waals surface area contributed by atoms with Crippen LogP contribution < -0.4 is 4.74 Å². The van der Waals surface area contributed by atoms with Gasteiger partial charge in [0.05, 0.1) is 0 Å². The van der Waals surface area contributed by atoms with Crippen molar-refractivity contribution in [2.75, 3.05) is 0 Å². The van der Waals surface area contributed by atoms with Crippen molar-refractivity contribution in [2.45, 2.75) is 6.92 Å². The molecule has 0 N–H and O–H groups in total. The number of aryl methyl sites for hydroxylation is 1. The lowest BCUT2D eigenvalue weighted by atomic mass is 10.2. The highest BCUT2D eigenvalue weighted by molar-refractivity contribution is 9.10. The summed E-state index contributed by atoms with van der Waals surface area (Å²) in [5.74, 6) is 1.14. The van der Waals surface area contributed by atoms with Gasteiger partial charge in [0.2, 0.25) is 5.88 Å². The third-order valence-electron chi connectivity index (χ3n) is 1.96. The summed E-state index contributed by atoms with van der Waals surface area (Å²) in [5.41, 5.74) is 1.10. The molecule has 1 heterocycles. The molecule has 0 saturated heterocycles. The number of rotatable bonds is 2. The van der Waals surface area contributed by atoms with Crippen LogP contribution in [0.5, 0.6) is 11.6 Å². The molecule has 0 saturated carbocycles. The lowest BCUT2D eigenvalue weighted by molar-refractivity contribution is 0.455. The predicted octanol–water partition coefficient (Wildman–Crippen LogP) is 3.99. The first-order chi connectivity index (χ1) is 7.65. The summed E-state index contributed by atoms with van der Waals surface area (Å²) in [4.78, 5) is 0. The van der Waals surface area contributed by atoms with Gasteiger partial charge in [0, 0.05) is 10.5 Å². The monoisotopic (exact) mass is 298 g/mol. The van der Waals surface area contributed by atoms with Crippen LogP contribution in [0.15, 0.2) is 34.8 Å². The fourth-order valence-corrected chi connectivity index (χ4v) is 1.51. The van der Waals surface area contributed by atoms with E-state index in [2.05, 4.69) is 26.1 Å². The van der Waals surface area contributed by atoms with E-state index in [4.69, 9.17) is 16.3 Å². The quantitative estimate of drug-likeness (QED) is 0.841. The van der Waals surface area contributed by atoms with Crippen LogP contribution in [0.1, 0.15) is 5.56 Å². The summed E-state index contributed by atoms with van der Waals surface area (Å²) >= 11 is 9.05. The Morgan fingerprint density at radius 1 is 1.19 bits per heavy atom. The first-order valence-electron chi connectivity index (χ1n) is 4.58. The van der Waals surface area contributed by atoms with E-state index in [0.29, 0.717) is 11.0 Å². The number of hydrogen-bond acceptors (Lipinski definition) is 3. The zero-order valence-electron chi connectivity index (χ0n) is 8.45. The summed E-state index contributed by atoms with van der Waals surface area (Å²) in [6.07, 6.45) is 0. The number of hydrogen-bond donors (Lipinski definition) is 0. The van der Waals surface area contributed by atoms with Crippen molar-refractivity contribution in [1.82, 2.24) is 10.2 Å². The van der Waals surface area contributed by atoms with Crippen molar-refractivity contribution in [3.05, 3.63) is 45.5 Å². The van der Waals surface area contributed by atoms with Crippen LogP contribution in [-0.2, 0) is 0 Å². The van der Waals surface area contributed by atoms with Gasteiger partial charge >= 0.3 is 0 Å². The van der Waals surface area contributed by atoms with Gasteiger partial charge in [-0.3, -0.25) is 0 Å². The van der Waals surface area contributed by atoms with E-state index in [9.17, 15) is 0 Å². The Morgan fingerprint density at radius 2 is 2.00 bits per heavy atom. The molecule has 82 valence electrons. The van der Waals surface area contributed by atoms with E-state index < -0.39 is 0 Å². The molecule has 0 unspecified atom stereocenters. The number of nitrogens with zero attached hydrogens (tertiary/aromatic N) is 2. The normalized spacial score (nSPS) is 10.2. The molecule has 0 aliphatic rings. The maximum atomic E-state index is 5.63. The molecule has 0 bridgehead atoms. The molecule has 0 radical (unpaired) electrons. The second-order valence-electron chi connectivity index (χ2n) is 3.21. The van der Waals surface area contributed by atoms with Crippen molar-refractivity contribution in [3.8, 4) is 11.6 Å². The van der Waals surface area contributed by atoms with Crippen LogP contribution in [0.2, 0.25) is 5.15 Å². The molecule has 2 aromatic rings. The molecular weight excluding hydrogens is 291 g/mol. The minimum Gasteiger partial charge on any atom is -0.438 e. The Balaban J connectivity index is 2.20. The van der Waals surface area contributed by atoms with Gasteiger partial charge < -0.3 is 4.74 Å². The average molecular weight is 300 g/mol. The van der Waals surface area contributed by atoms with Crippen molar-refractivity contribution < 1.29 is 4.74 Å². The summed E-state index contributed by atoms with van der Waals surface area (Å²) in [6, 6.07) is 9.00. The molecule has 16 heavy (non-hydrogen) atoms. The molecule has 0 atom stereocenters. The van der Waals surface area contributed by atoms with Gasteiger partial charge in [0.25, 0.3) is 0 Å². The number of benzene rings is 1. The second-order valence-corrected chi connectivity index (χ2v) is 4.45. The topological polar surface area (TPSA) is 35.0 Å². The molecule has 1 aromatic heterocycles. The predicted molar refractivity (Wildman–Crippen MR) is 66.0 cm³/mol. The van der Waals surface area contributed by atoms with Crippen LogP contribution in [0.3, 0.4) is 0 Å². The van der Waals surface area contributed by atoms with Gasteiger partial charge in [-0.2, -0.15) is 0 Å². The molecule has 0 aliphatic heterocycles. The molecule has 0 fully saturated rings. The number of aromatic nitrogens is 2. The van der Waals surface area contributed by atoms with E-state index in [0.717, 1.165) is 15.8 Å². The fraction of sp³-hybridized carbons (Fsp3) is 0.0909. The largest absolute Gasteiger partial charge is 0.438 e. The summed E-state index contributed by atoms with van der Waals surface area (Å²) in [6.45, 7) is 1.99. The SMILES string of the molecule is Cc1cc(Oc2ccc(Cl)nn2)ccc1Br. The Morgan fingerprint density at radius 3 is 2.62 bits per heavy atom. The first kappa shape index (κ1) is 11.4. The van der Waals surface area contributed by atoms with Crippen LogP contribution in [0.25, 0.3) is 0 Å². The molecule has 0 amide bonds. The van der Waals surface area contributed by atoms with E-state index in [-0.39, 0.29) is 0 Å². The van der Waals surface area contributed by atoms with E-state index in [1.165, 1.54) is 0 Å². The lowest BCUT2D eigenvalue weighted by Crippen LogP contribution is -1.90. The van der Waals surface area contributed by atoms with Crippen molar-refractivity contribution in [1.29, 1.82) is 0 Å². The summed E-state index contributed by atoms with van der Waals surface area (Å²) < 4.78 is 6.56. The van der Waals surface area contributed by atoms with Gasteiger partial charge in [-0.15, -0.1) is 10.2 Å². The summed E-state index contributed by atoms with van der Waals surface area (Å²) in [7, 11) is 0. The molecule has 0 spiro atoms. The Bertz CT molecular complexity index is 502. The molecule has 5 heteroatoms. The third kappa shape index (κ3) is 2.71. The van der Waals surface area contributed by atoms with Gasteiger partial charge in [0.15, 0.2) is 5.15 Å². The van der Waals surface area contributed by atoms with E-state index in [1.54, 1.807) is 12.1 Å². The Hall–Kier alpha value is -1.13. The maximum absolute atomic E-state index is 5.63. The van der Waals surface area contributed by atoms with Crippen molar-refractivity contribution >= 4 is 27.5 Å². The van der Waals surface area contributed by atoms with Crippen molar-refractivity contribution in [3.63, 3.8) is 0 Å². The zero-order valence-corrected chi connectivity index (χ0v) is 10.8. The molecular formula is C11H8BrClN2O. The standard InChI is InChI=1S/C11H8BrClN2O/c1-7-6-8(2-3-9(7)12)16-11-5-4-10(13)14-15-11/h2-6H,1H3. The minimum atomic E-state index is 0.347. The summed E-state index contributed by atoms with van der Waals surface area (Å²) in [5, 5.41) is 7.85. The van der Waals surface area contributed by atoms with Crippen LogP contribution in [0.4, 0.5) is 0 Å². The molecule has 0 aliphatic carbocycles. The Kier molecular flexibility index (Phi) is 3.41. The number of halogens is 2. The highest BCUT2D eigenvalue weighted by Gasteiger charge is 2.01. The first-order valence-corrected chi connectivity index (χ1v) is 5.75. The van der Waals surface area contributed by atoms with Crippen molar-refractivity contribution in [2.24, 2.45) is 0 Å². The third-order valence-corrected chi connectivity index (χ3v) is 3.05. The average Bonchev–Trinajstić information content (AvgIpc) is 2.27. The molecule has 2 rings (SSSR count). The van der Waals surface area contributed by atoms with Crippen LogP contribution in [0, 0.1) is 6.92 Å². The smallest absolute Gasteiger partial charge is 0.238 e. The Labute approximate surface area is 107 Å².